The first-order valence-electron chi connectivity index (χ1n) is 3.96. The summed E-state index contributed by atoms with van der Waals surface area (Å²) in [4.78, 5) is 11.1. The SMILES string of the molecule is CCCOC(=O)c1coc(C)c1. The van der Waals surface area contributed by atoms with Gasteiger partial charge in [-0.05, 0) is 19.4 Å². The number of hydrogen-bond donors (Lipinski definition) is 0. The Bertz CT molecular complexity index is 262. The molecule has 1 aromatic heterocycles. The van der Waals surface area contributed by atoms with Crippen LogP contribution in [0.3, 0.4) is 0 Å². The molecule has 1 aromatic rings. The lowest BCUT2D eigenvalue weighted by Crippen LogP contribution is -2.04. The molecule has 0 saturated carbocycles. The molecule has 0 amide bonds. The predicted molar refractivity (Wildman–Crippen MR) is 44.0 cm³/mol. The van der Waals surface area contributed by atoms with Gasteiger partial charge in [-0.2, -0.15) is 0 Å². The Hall–Kier alpha value is -1.25. The van der Waals surface area contributed by atoms with E-state index in [1.54, 1.807) is 13.0 Å². The molecule has 0 atom stereocenters. The number of hydrogen-bond acceptors (Lipinski definition) is 3. The van der Waals surface area contributed by atoms with E-state index in [1.165, 1.54) is 6.26 Å². The molecule has 0 fully saturated rings. The highest BCUT2D eigenvalue weighted by atomic mass is 16.5. The van der Waals surface area contributed by atoms with E-state index in [-0.39, 0.29) is 5.97 Å². The van der Waals surface area contributed by atoms with Gasteiger partial charge in [0.25, 0.3) is 0 Å². The summed E-state index contributed by atoms with van der Waals surface area (Å²) < 4.78 is 9.86. The number of furan rings is 1. The molecule has 3 heteroatoms. The van der Waals surface area contributed by atoms with Crippen LogP contribution in [0, 0.1) is 6.92 Å². The van der Waals surface area contributed by atoms with Gasteiger partial charge < -0.3 is 9.15 Å². The van der Waals surface area contributed by atoms with Crippen molar-refractivity contribution in [1.82, 2.24) is 0 Å². The third-order valence-corrected chi connectivity index (χ3v) is 1.40. The van der Waals surface area contributed by atoms with Crippen LogP contribution in [0.5, 0.6) is 0 Å². The highest BCUT2D eigenvalue weighted by Crippen LogP contribution is 2.07. The number of aryl methyl sites for hydroxylation is 1. The minimum absolute atomic E-state index is 0.311. The van der Waals surface area contributed by atoms with E-state index in [2.05, 4.69) is 0 Å². The Morgan fingerprint density at radius 1 is 1.67 bits per heavy atom. The van der Waals surface area contributed by atoms with Crippen LogP contribution in [0.15, 0.2) is 16.7 Å². The summed E-state index contributed by atoms with van der Waals surface area (Å²) in [7, 11) is 0. The minimum atomic E-state index is -0.311. The molecule has 0 N–H and O–H groups in total. The van der Waals surface area contributed by atoms with Crippen molar-refractivity contribution in [3.8, 4) is 0 Å². The number of ether oxygens (including phenoxy) is 1. The molecule has 0 bridgehead atoms. The molecule has 0 spiro atoms. The van der Waals surface area contributed by atoms with E-state index in [4.69, 9.17) is 9.15 Å². The zero-order chi connectivity index (χ0) is 8.97. The maximum atomic E-state index is 11.1. The van der Waals surface area contributed by atoms with E-state index < -0.39 is 0 Å². The van der Waals surface area contributed by atoms with Crippen molar-refractivity contribution in [2.75, 3.05) is 6.61 Å². The molecule has 3 nitrogen and oxygen atoms in total. The highest BCUT2D eigenvalue weighted by molar-refractivity contribution is 5.89. The van der Waals surface area contributed by atoms with Crippen molar-refractivity contribution in [2.45, 2.75) is 20.3 Å². The Morgan fingerprint density at radius 2 is 2.42 bits per heavy atom. The topological polar surface area (TPSA) is 39.4 Å². The highest BCUT2D eigenvalue weighted by Gasteiger charge is 2.08. The van der Waals surface area contributed by atoms with Crippen LogP contribution in [0.4, 0.5) is 0 Å². The largest absolute Gasteiger partial charge is 0.469 e. The predicted octanol–water partition coefficient (Wildman–Crippen LogP) is 2.15. The van der Waals surface area contributed by atoms with E-state index in [0.29, 0.717) is 12.2 Å². The molecule has 66 valence electrons. The standard InChI is InChI=1S/C9H12O3/c1-3-4-11-9(10)8-5-7(2)12-6-8/h5-6H,3-4H2,1-2H3. The molecular formula is C9H12O3. The Kier molecular flexibility index (Phi) is 2.91. The molecule has 0 radical (unpaired) electrons. The van der Waals surface area contributed by atoms with Gasteiger partial charge in [-0.25, -0.2) is 4.79 Å². The lowest BCUT2D eigenvalue weighted by molar-refractivity contribution is 0.0504. The second-order valence-electron chi connectivity index (χ2n) is 2.58. The second-order valence-corrected chi connectivity index (χ2v) is 2.58. The van der Waals surface area contributed by atoms with Crippen LogP contribution in [0.2, 0.25) is 0 Å². The van der Waals surface area contributed by atoms with Crippen LogP contribution >= 0.6 is 0 Å². The van der Waals surface area contributed by atoms with Crippen molar-refractivity contribution in [3.05, 3.63) is 23.7 Å². The molecule has 0 aromatic carbocycles. The van der Waals surface area contributed by atoms with Crippen LogP contribution in [0.25, 0.3) is 0 Å². The molecule has 0 saturated heterocycles. The quantitative estimate of drug-likeness (QED) is 0.649. The van der Waals surface area contributed by atoms with Gasteiger partial charge in [0.15, 0.2) is 0 Å². The van der Waals surface area contributed by atoms with Gasteiger partial charge in [0.1, 0.15) is 12.0 Å². The van der Waals surface area contributed by atoms with Gasteiger partial charge in [-0.3, -0.25) is 0 Å². The summed E-state index contributed by atoms with van der Waals surface area (Å²) in [5.41, 5.74) is 0.487. The zero-order valence-electron chi connectivity index (χ0n) is 7.29. The summed E-state index contributed by atoms with van der Waals surface area (Å²) in [5.74, 6) is 0.409. The van der Waals surface area contributed by atoms with E-state index in [1.807, 2.05) is 6.92 Å². The Balaban J connectivity index is 2.53. The number of esters is 1. The van der Waals surface area contributed by atoms with E-state index >= 15 is 0 Å². The first kappa shape index (κ1) is 8.84. The average Bonchev–Trinajstić information content (AvgIpc) is 2.47. The van der Waals surface area contributed by atoms with Gasteiger partial charge in [0, 0.05) is 0 Å². The molecule has 0 aliphatic heterocycles. The molecule has 1 heterocycles. The van der Waals surface area contributed by atoms with Crippen molar-refractivity contribution < 1.29 is 13.9 Å². The van der Waals surface area contributed by atoms with E-state index in [0.717, 1.165) is 12.2 Å². The molecule has 0 aliphatic carbocycles. The second kappa shape index (κ2) is 3.95. The first-order valence-corrected chi connectivity index (χ1v) is 3.96. The maximum absolute atomic E-state index is 11.1. The average molecular weight is 168 g/mol. The van der Waals surface area contributed by atoms with Gasteiger partial charge in [-0.1, -0.05) is 6.92 Å². The molecule has 0 aliphatic rings. The van der Waals surface area contributed by atoms with Crippen molar-refractivity contribution in [1.29, 1.82) is 0 Å². The molecule has 12 heavy (non-hydrogen) atoms. The Morgan fingerprint density at radius 3 is 2.92 bits per heavy atom. The molecular weight excluding hydrogens is 156 g/mol. The number of carbonyl (C=O) groups is 1. The summed E-state index contributed by atoms with van der Waals surface area (Å²) in [6, 6.07) is 1.66. The fraction of sp³-hybridized carbons (Fsp3) is 0.444. The van der Waals surface area contributed by atoms with Crippen molar-refractivity contribution >= 4 is 5.97 Å². The normalized spacial score (nSPS) is 9.83. The van der Waals surface area contributed by atoms with Crippen LogP contribution in [-0.4, -0.2) is 12.6 Å². The minimum Gasteiger partial charge on any atom is -0.469 e. The molecule has 0 unspecified atom stereocenters. The van der Waals surface area contributed by atoms with Gasteiger partial charge in [0.2, 0.25) is 0 Å². The number of carbonyl (C=O) groups excluding carboxylic acids is 1. The smallest absolute Gasteiger partial charge is 0.341 e. The van der Waals surface area contributed by atoms with Gasteiger partial charge in [0.05, 0.1) is 12.2 Å². The summed E-state index contributed by atoms with van der Waals surface area (Å²) in [6.07, 6.45) is 2.25. The fourth-order valence-electron chi connectivity index (χ4n) is 0.829. The zero-order valence-corrected chi connectivity index (χ0v) is 7.29. The lowest BCUT2D eigenvalue weighted by Gasteiger charge is -1.98. The third-order valence-electron chi connectivity index (χ3n) is 1.40. The van der Waals surface area contributed by atoms with Crippen LogP contribution < -0.4 is 0 Å². The van der Waals surface area contributed by atoms with Gasteiger partial charge >= 0.3 is 5.97 Å². The first-order chi connectivity index (χ1) is 5.74. The van der Waals surface area contributed by atoms with Crippen LogP contribution in [-0.2, 0) is 4.74 Å². The van der Waals surface area contributed by atoms with E-state index in [9.17, 15) is 4.79 Å². The monoisotopic (exact) mass is 168 g/mol. The summed E-state index contributed by atoms with van der Waals surface area (Å²) in [6.45, 7) is 4.20. The van der Waals surface area contributed by atoms with Gasteiger partial charge in [-0.15, -0.1) is 0 Å². The van der Waals surface area contributed by atoms with Crippen molar-refractivity contribution in [3.63, 3.8) is 0 Å². The van der Waals surface area contributed by atoms with Crippen LogP contribution in [0.1, 0.15) is 29.5 Å². The summed E-state index contributed by atoms with van der Waals surface area (Å²) in [5, 5.41) is 0. The third kappa shape index (κ3) is 2.12. The molecule has 1 rings (SSSR count). The Labute approximate surface area is 71.3 Å². The van der Waals surface area contributed by atoms with Crippen molar-refractivity contribution in [2.24, 2.45) is 0 Å². The maximum Gasteiger partial charge on any atom is 0.341 e. The fourth-order valence-corrected chi connectivity index (χ4v) is 0.829. The lowest BCUT2D eigenvalue weighted by atomic mass is 10.3. The number of rotatable bonds is 3. The summed E-state index contributed by atoms with van der Waals surface area (Å²) >= 11 is 0.